The molecule has 0 bridgehead atoms. The number of allylic oxidation sites excluding steroid dienone is 3. The van der Waals surface area contributed by atoms with E-state index >= 15 is 0 Å². The third-order valence-corrected chi connectivity index (χ3v) is 3.85. The highest BCUT2D eigenvalue weighted by Crippen LogP contribution is 2.06. The summed E-state index contributed by atoms with van der Waals surface area (Å²) in [7, 11) is 0. The Morgan fingerprint density at radius 1 is 1.05 bits per heavy atom. The maximum Gasteiger partial charge on any atom is 0.136 e. The second kappa shape index (κ2) is 10.5. The van der Waals surface area contributed by atoms with Crippen molar-refractivity contribution in [3.05, 3.63) is 24.3 Å². The second-order valence-electron chi connectivity index (χ2n) is 5.82. The van der Waals surface area contributed by atoms with E-state index in [0.29, 0.717) is 12.2 Å². The third-order valence-electron chi connectivity index (χ3n) is 3.85. The number of hydrogen-bond acceptors (Lipinski definition) is 4. The molecule has 0 spiro atoms. The fourth-order valence-corrected chi connectivity index (χ4v) is 2.35. The number of ketones is 1. The van der Waals surface area contributed by atoms with Crippen LogP contribution in [0.1, 0.15) is 26.7 Å². The van der Waals surface area contributed by atoms with Gasteiger partial charge in [-0.3, -0.25) is 4.79 Å². The van der Waals surface area contributed by atoms with Crippen LogP contribution in [-0.4, -0.2) is 61.1 Å². The number of carbonyl (C=O) groups is 1. The Morgan fingerprint density at radius 3 is 2.24 bits per heavy atom. The summed E-state index contributed by atoms with van der Waals surface area (Å²) in [6.45, 7) is 10.3. The molecule has 0 aromatic heterocycles. The molecule has 1 saturated heterocycles. The van der Waals surface area contributed by atoms with Crippen LogP contribution in [0, 0.1) is 11.3 Å². The molecule has 4 nitrogen and oxygen atoms in total. The molecule has 1 N–H and O–H groups in total. The van der Waals surface area contributed by atoms with Gasteiger partial charge in [-0.15, -0.1) is 0 Å². The second-order valence-corrected chi connectivity index (χ2v) is 5.82. The van der Waals surface area contributed by atoms with Crippen LogP contribution >= 0.6 is 0 Å². The number of Topliss-reactive ketones (excluding diaryl/α,β-unsaturated/α-hetero) is 1. The van der Waals surface area contributed by atoms with Gasteiger partial charge in [-0.2, -0.15) is 0 Å². The number of rotatable bonds is 9. The lowest BCUT2D eigenvalue weighted by Gasteiger charge is -2.34. The van der Waals surface area contributed by atoms with Gasteiger partial charge in [0.25, 0.3) is 0 Å². The minimum atomic E-state index is 0.166. The average Bonchev–Trinajstić information content (AvgIpc) is 2.49. The smallest absolute Gasteiger partial charge is 0.136 e. The van der Waals surface area contributed by atoms with Crippen molar-refractivity contribution < 1.29 is 4.79 Å². The van der Waals surface area contributed by atoms with Gasteiger partial charge in [0.15, 0.2) is 0 Å². The van der Waals surface area contributed by atoms with Crippen molar-refractivity contribution in [2.24, 2.45) is 5.92 Å². The van der Waals surface area contributed by atoms with Crippen LogP contribution < -0.4 is 0 Å². The molecule has 0 unspecified atom stereocenters. The molecule has 118 valence electrons. The molecule has 0 aromatic rings. The Bertz CT molecular complexity index is 366. The molecule has 0 aliphatic carbocycles. The summed E-state index contributed by atoms with van der Waals surface area (Å²) in [4.78, 5) is 16.5. The highest BCUT2D eigenvalue weighted by molar-refractivity contribution is 5.80. The molecule has 0 saturated carbocycles. The van der Waals surface area contributed by atoms with E-state index in [0.717, 1.165) is 45.7 Å². The first-order chi connectivity index (χ1) is 10.1. The zero-order valence-corrected chi connectivity index (χ0v) is 13.4. The molecule has 1 aliphatic heterocycles. The monoisotopic (exact) mass is 291 g/mol. The standard InChI is InChI=1S/C17H29N3O/c1-16(2)17(21)8-11-20-14-12-19(13-15-20)10-7-5-3-4-6-9-18/h3-6,9,16,18H,7-8,10-15H2,1-2H3/b5-3-,6-4-,18-9?. The van der Waals surface area contributed by atoms with Crippen molar-refractivity contribution in [2.45, 2.75) is 26.7 Å². The molecule has 1 heterocycles. The maximum atomic E-state index is 11.6. The summed E-state index contributed by atoms with van der Waals surface area (Å²) in [6.07, 6.45) is 10.8. The summed E-state index contributed by atoms with van der Waals surface area (Å²) >= 11 is 0. The summed E-state index contributed by atoms with van der Waals surface area (Å²) in [5.74, 6) is 0.542. The lowest BCUT2D eigenvalue weighted by molar-refractivity contribution is -0.122. The zero-order chi connectivity index (χ0) is 15.5. The van der Waals surface area contributed by atoms with E-state index in [1.54, 1.807) is 6.08 Å². The van der Waals surface area contributed by atoms with Gasteiger partial charge in [0.05, 0.1) is 0 Å². The van der Waals surface area contributed by atoms with E-state index in [2.05, 4.69) is 15.9 Å². The number of nitrogens with zero attached hydrogens (tertiary/aromatic N) is 2. The molecule has 0 atom stereocenters. The van der Waals surface area contributed by atoms with Crippen molar-refractivity contribution in [2.75, 3.05) is 39.3 Å². The summed E-state index contributed by atoms with van der Waals surface area (Å²) in [5.41, 5.74) is 0. The van der Waals surface area contributed by atoms with Crippen molar-refractivity contribution in [1.29, 1.82) is 5.41 Å². The number of carbonyl (C=O) groups excluding carboxylic acids is 1. The van der Waals surface area contributed by atoms with Gasteiger partial charge >= 0.3 is 0 Å². The molecule has 4 heteroatoms. The minimum Gasteiger partial charge on any atom is -0.309 e. The summed E-state index contributed by atoms with van der Waals surface area (Å²) in [5, 5.41) is 6.87. The van der Waals surface area contributed by atoms with Crippen LogP contribution in [0.4, 0.5) is 0 Å². The predicted octanol–water partition coefficient (Wildman–Crippen LogP) is 2.37. The summed E-state index contributed by atoms with van der Waals surface area (Å²) in [6, 6.07) is 0. The van der Waals surface area contributed by atoms with Gasteiger partial charge in [0.1, 0.15) is 5.78 Å². The fourth-order valence-electron chi connectivity index (χ4n) is 2.35. The lowest BCUT2D eigenvalue weighted by Crippen LogP contribution is -2.47. The highest BCUT2D eigenvalue weighted by Gasteiger charge is 2.17. The zero-order valence-electron chi connectivity index (χ0n) is 13.4. The Kier molecular flexibility index (Phi) is 8.87. The largest absolute Gasteiger partial charge is 0.309 e. The van der Waals surface area contributed by atoms with Crippen LogP contribution in [0.5, 0.6) is 0 Å². The van der Waals surface area contributed by atoms with Crippen molar-refractivity contribution in [3.63, 3.8) is 0 Å². The first kappa shape index (κ1) is 17.8. The number of hydrogen-bond donors (Lipinski definition) is 1. The van der Waals surface area contributed by atoms with Crippen molar-refractivity contribution >= 4 is 12.0 Å². The van der Waals surface area contributed by atoms with Gasteiger partial charge < -0.3 is 15.2 Å². The SMILES string of the molecule is CC(C)C(=O)CCN1CCN(CC/C=C\C=C/C=N)CC1. The summed E-state index contributed by atoms with van der Waals surface area (Å²) < 4.78 is 0. The Hall–Kier alpha value is -1.26. The molecule has 0 aromatic carbocycles. The van der Waals surface area contributed by atoms with E-state index in [1.165, 1.54) is 6.21 Å². The molecule has 0 amide bonds. The molecule has 0 radical (unpaired) electrons. The van der Waals surface area contributed by atoms with Crippen molar-refractivity contribution in [1.82, 2.24) is 9.80 Å². The molecule has 1 fully saturated rings. The van der Waals surface area contributed by atoms with Gasteiger partial charge in [0, 0.05) is 57.8 Å². The van der Waals surface area contributed by atoms with Gasteiger partial charge in [-0.25, -0.2) is 0 Å². The molecule has 1 rings (SSSR count). The normalized spacial score (nSPS) is 18.0. The highest BCUT2D eigenvalue weighted by atomic mass is 16.1. The Balaban J connectivity index is 2.12. The molecular weight excluding hydrogens is 262 g/mol. The van der Waals surface area contributed by atoms with Crippen LogP contribution in [0.25, 0.3) is 0 Å². The van der Waals surface area contributed by atoms with E-state index in [-0.39, 0.29) is 5.92 Å². The topological polar surface area (TPSA) is 47.4 Å². The van der Waals surface area contributed by atoms with Crippen molar-refractivity contribution in [3.8, 4) is 0 Å². The fraction of sp³-hybridized carbons (Fsp3) is 0.647. The lowest BCUT2D eigenvalue weighted by atomic mass is 10.1. The molecule has 21 heavy (non-hydrogen) atoms. The van der Waals surface area contributed by atoms with Crippen LogP contribution in [0.2, 0.25) is 0 Å². The number of nitrogens with one attached hydrogen (secondary N) is 1. The molecular formula is C17H29N3O. The first-order valence-electron chi connectivity index (χ1n) is 7.93. The third kappa shape index (κ3) is 7.93. The van der Waals surface area contributed by atoms with E-state index in [9.17, 15) is 4.79 Å². The van der Waals surface area contributed by atoms with Crippen LogP contribution in [0.15, 0.2) is 24.3 Å². The van der Waals surface area contributed by atoms with E-state index in [4.69, 9.17) is 5.41 Å². The van der Waals surface area contributed by atoms with Gasteiger partial charge in [-0.05, 0) is 12.5 Å². The average molecular weight is 291 g/mol. The minimum absolute atomic E-state index is 0.166. The molecule has 1 aliphatic rings. The quantitative estimate of drug-likeness (QED) is 0.524. The maximum absolute atomic E-state index is 11.6. The first-order valence-corrected chi connectivity index (χ1v) is 7.93. The Morgan fingerprint density at radius 2 is 1.67 bits per heavy atom. The van der Waals surface area contributed by atoms with Crippen LogP contribution in [-0.2, 0) is 4.79 Å². The van der Waals surface area contributed by atoms with Crippen LogP contribution in [0.3, 0.4) is 0 Å². The van der Waals surface area contributed by atoms with Gasteiger partial charge in [-0.1, -0.05) is 32.1 Å². The van der Waals surface area contributed by atoms with E-state index < -0.39 is 0 Å². The Labute approximate surface area is 129 Å². The van der Waals surface area contributed by atoms with E-state index in [1.807, 2.05) is 26.0 Å². The predicted molar refractivity (Wildman–Crippen MR) is 89.0 cm³/mol. The number of piperazine rings is 1. The van der Waals surface area contributed by atoms with Gasteiger partial charge in [0.2, 0.25) is 0 Å².